The lowest BCUT2D eigenvalue weighted by molar-refractivity contribution is -0.0222. The molecule has 1 aromatic carbocycles. The highest BCUT2D eigenvalue weighted by Gasteiger charge is 2.36. The number of benzene rings is 1. The molecule has 2 N–H and O–H groups in total. The summed E-state index contributed by atoms with van der Waals surface area (Å²) in [6.45, 7) is 1.89. The predicted molar refractivity (Wildman–Crippen MR) is 96.7 cm³/mol. The summed E-state index contributed by atoms with van der Waals surface area (Å²) < 4.78 is 11.5. The van der Waals surface area contributed by atoms with E-state index in [0.29, 0.717) is 12.0 Å². The lowest BCUT2D eigenvalue weighted by Crippen LogP contribution is -2.34. The summed E-state index contributed by atoms with van der Waals surface area (Å²) in [5, 5.41) is 20.4. The van der Waals surface area contributed by atoms with E-state index in [1.54, 1.807) is 0 Å². The molecule has 0 spiro atoms. The van der Waals surface area contributed by atoms with Crippen molar-refractivity contribution in [3.63, 3.8) is 0 Å². The van der Waals surface area contributed by atoms with Gasteiger partial charge in [0.1, 0.15) is 11.7 Å². The van der Waals surface area contributed by atoms with Crippen molar-refractivity contribution < 1.29 is 19.4 Å². The van der Waals surface area contributed by atoms with Gasteiger partial charge >= 0.3 is 5.63 Å². The van der Waals surface area contributed by atoms with Gasteiger partial charge in [-0.2, -0.15) is 0 Å². The molecule has 0 unspecified atom stereocenters. The second-order valence-electron chi connectivity index (χ2n) is 7.60. The molecule has 0 amide bonds. The molecule has 6 heteroatoms. The topological polar surface area (TPSA) is 83.1 Å². The average molecular weight is 357 g/mol. The van der Waals surface area contributed by atoms with E-state index in [9.17, 15) is 15.0 Å². The molecule has 0 saturated carbocycles. The third-order valence-electron chi connectivity index (χ3n) is 6.01. The Kier molecular flexibility index (Phi) is 3.81. The third-order valence-corrected chi connectivity index (χ3v) is 6.01. The fourth-order valence-electron chi connectivity index (χ4n) is 4.86. The molecule has 1 fully saturated rings. The zero-order valence-electron chi connectivity index (χ0n) is 14.6. The Balaban J connectivity index is 1.72. The molecule has 26 heavy (non-hydrogen) atoms. The zero-order valence-corrected chi connectivity index (χ0v) is 14.6. The first-order valence-electron chi connectivity index (χ1n) is 9.47. The Morgan fingerprint density at radius 1 is 1.19 bits per heavy atom. The first-order chi connectivity index (χ1) is 12.7. The molecular weight excluding hydrogens is 334 g/mol. The number of aliphatic hydroxyl groups excluding tert-OH is 2. The number of ether oxygens (including phenoxy) is 1. The predicted octanol–water partition coefficient (Wildman–Crippen LogP) is 1.68. The molecule has 138 valence electrons. The van der Waals surface area contributed by atoms with E-state index >= 15 is 0 Å². The summed E-state index contributed by atoms with van der Waals surface area (Å²) in [6, 6.07) is 3.63. The van der Waals surface area contributed by atoms with Crippen molar-refractivity contribution in [1.29, 1.82) is 0 Å². The van der Waals surface area contributed by atoms with Crippen LogP contribution < -0.4 is 10.5 Å². The van der Waals surface area contributed by atoms with Crippen molar-refractivity contribution in [2.24, 2.45) is 0 Å². The van der Waals surface area contributed by atoms with Gasteiger partial charge in [-0.15, -0.1) is 0 Å². The molecule has 0 bridgehead atoms. The van der Waals surface area contributed by atoms with E-state index in [4.69, 9.17) is 9.15 Å². The highest BCUT2D eigenvalue weighted by atomic mass is 16.5. The van der Waals surface area contributed by atoms with E-state index < -0.39 is 18.3 Å². The van der Waals surface area contributed by atoms with Crippen molar-refractivity contribution in [1.82, 2.24) is 0 Å². The molecule has 1 aromatic heterocycles. The van der Waals surface area contributed by atoms with Gasteiger partial charge < -0.3 is 24.3 Å². The average Bonchev–Trinajstić information content (AvgIpc) is 3.03. The summed E-state index contributed by atoms with van der Waals surface area (Å²) in [7, 11) is 0. The maximum Gasteiger partial charge on any atom is 0.336 e. The summed E-state index contributed by atoms with van der Waals surface area (Å²) in [5.74, 6) is 0. The Bertz CT molecular complexity index is 919. The monoisotopic (exact) mass is 357 g/mol. The molecule has 3 atom stereocenters. The van der Waals surface area contributed by atoms with Gasteiger partial charge in [0.15, 0.2) is 0 Å². The number of fused-ring (bicyclic) bond motifs is 2. The molecule has 5 rings (SSSR count). The zero-order chi connectivity index (χ0) is 17.8. The quantitative estimate of drug-likeness (QED) is 0.796. The Morgan fingerprint density at radius 3 is 2.77 bits per heavy atom. The minimum absolute atomic E-state index is 0.230. The summed E-state index contributed by atoms with van der Waals surface area (Å²) in [5.41, 5.74) is 4.76. The van der Waals surface area contributed by atoms with Crippen molar-refractivity contribution in [3.8, 4) is 0 Å². The third kappa shape index (κ3) is 2.40. The highest BCUT2D eigenvalue weighted by molar-refractivity contribution is 5.90. The van der Waals surface area contributed by atoms with Gasteiger partial charge in [-0.3, -0.25) is 0 Å². The van der Waals surface area contributed by atoms with E-state index in [0.717, 1.165) is 55.3 Å². The van der Waals surface area contributed by atoms with Gasteiger partial charge in [-0.05, 0) is 42.9 Å². The standard InChI is InChI=1S/C20H23NO5/c22-10-17-15(23)9-16(25-17)13-8-18(24)26-20-12-4-2-6-21-5-1-3-11(19(12)21)7-14(13)20/h7-8,15-17,22-23H,1-6,9-10H2/t15-,16+,17+/m0/s1. The number of hydrogen-bond donors (Lipinski definition) is 2. The summed E-state index contributed by atoms with van der Waals surface area (Å²) >= 11 is 0. The first-order valence-corrected chi connectivity index (χ1v) is 9.47. The molecular formula is C20H23NO5. The van der Waals surface area contributed by atoms with Crippen molar-refractivity contribution in [3.05, 3.63) is 39.2 Å². The van der Waals surface area contributed by atoms with Crippen molar-refractivity contribution in [2.45, 2.75) is 50.4 Å². The van der Waals surface area contributed by atoms with Crippen LogP contribution in [-0.2, 0) is 17.6 Å². The minimum Gasteiger partial charge on any atom is -0.422 e. The fraction of sp³-hybridized carbons (Fsp3) is 0.550. The molecule has 2 aromatic rings. The van der Waals surface area contributed by atoms with Crippen molar-refractivity contribution in [2.75, 3.05) is 24.6 Å². The number of nitrogens with zero attached hydrogens (tertiary/aromatic N) is 1. The molecule has 6 nitrogen and oxygen atoms in total. The van der Waals surface area contributed by atoms with E-state index in [-0.39, 0.29) is 12.2 Å². The Morgan fingerprint density at radius 2 is 2.00 bits per heavy atom. The number of rotatable bonds is 2. The molecule has 3 aliphatic heterocycles. The van der Waals surface area contributed by atoms with Crippen molar-refractivity contribution >= 4 is 16.7 Å². The lowest BCUT2D eigenvalue weighted by Gasteiger charge is -2.37. The number of aliphatic hydroxyl groups is 2. The van der Waals surface area contributed by atoms with E-state index in [1.165, 1.54) is 17.3 Å². The molecule has 0 aliphatic carbocycles. The maximum atomic E-state index is 12.3. The van der Waals surface area contributed by atoms with Crippen LogP contribution in [-0.4, -0.2) is 42.1 Å². The smallest absolute Gasteiger partial charge is 0.336 e. The van der Waals surface area contributed by atoms with Gasteiger partial charge in [0.2, 0.25) is 0 Å². The largest absolute Gasteiger partial charge is 0.422 e. The Hall–Kier alpha value is -1.89. The number of hydrogen-bond acceptors (Lipinski definition) is 6. The van der Waals surface area contributed by atoms with Crippen LogP contribution in [0.4, 0.5) is 5.69 Å². The van der Waals surface area contributed by atoms with Gasteiger partial charge in [0.25, 0.3) is 0 Å². The summed E-state index contributed by atoms with van der Waals surface area (Å²) in [6.07, 6.45) is 2.79. The van der Waals surface area contributed by atoms with Gasteiger partial charge in [-0.25, -0.2) is 4.79 Å². The minimum atomic E-state index is -0.723. The molecule has 1 saturated heterocycles. The van der Waals surface area contributed by atoms with Crippen LogP contribution in [0.2, 0.25) is 0 Å². The maximum absolute atomic E-state index is 12.3. The normalized spacial score (nSPS) is 27.8. The number of aryl methyl sites for hydroxylation is 2. The Labute approximate surface area is 151 Å². The second kappa shape index (κ2) is 6.08. The SMILES string of the molecule is O=c1cc([C@H]2C[C@H](O)[C@@H](CO)O2)c2cc3c4c(c2o1)CCCN4CCC3. The van der Waals surface area contributed by atoms with E-state index in [1.807, 2.05) is 0 Å². The van der Waals surface area contributed by atoms with Crippen LogP contribution >= 0.6 is 0 Å². The lowest BCUT2D eigenvalue weighted by atomic mass is 9.88. The van der Waals surface area contributed by atoms with Gasteiger partial charge in [0, 0.05) is 42.2 Å². The number of anilines is 1. The van der Waals surface area contributed by atoms with Crippen LogP contribution in [0.1, 0.15) is 42.1 Å². The molecule has 4 heterocycles. The van der Waals surface area contributed by atoms with Crippen LogP contribution in [0.25, 0.3) is 11.0 Å². The van der Waals surface area contributed by atoms with Gasteiger partial charge in [-0.1, -0.05) is 0 Å². The summed E-state index contributed by atoms with van der Waals surface area (Å²) in [4.78, 5) is 14.7. The first kappa shape index (κ1) is 16.3. The second-order valence-corrected chi connectivity index (χ2v) is 7.60. The van der Waals surface area contributed by atoms with E-state index in [2.05, 4.69) is 11.0 Å². The molecule has 3 aliphatic rings. The van der Waals surface area contributed by atoms with Crippen LogP contribution in [0.5, 0.6) is 0 Å². The fourth-order valence-corrected chi connectivity index (χ4v) is 4.86. The highest BCUT2D eigenvalue weighted by Crippen LogP contribution is 2.43. The van der Waals surface area contributed by atoms with Crippen LogP contribution in [0.3, 0.4) is 0 Å². The van der Waals surface area contributed by atoms with Crippen LogP contribution in [0.15, 0.2) is 21.3 Å². The van der Waals surface area contributed by atoms with Gasteiger partial charge in [0.05, 0.1) is 18.8 Å². The van der Waals surface area contributed by atoms with Crippen LogP contribution in [0, 0.1) is 0 Å². The molecule has 0 radical (unpaired) electrons.